The van der Waals surface area contributed by atoms with Gasteiger partial charge in [-0.3, -0.25) is 0 Å². The molecule has 0 aromatic heterocycles. The van der Waals surface area contributed by atoms with Crippen LogP contribution in [-0.2, 0) is 0 Å². The second kappa shape index (κ2) is 6.17. The molecule has 0 bridgehead atoms. The van der Waals surface area contributed by atoms with E-state index in [0.29, 0.717) is 6.04 Å². The first-order chi connectivity index (χ1) is 4.66. The van der Waals surface area contributed by atoms with Crippen LogP contribution < -0.4 is 5.32 Å². The summed E-state index contributed by atoms with van der Waals surface area (Å²) in [5, 5.41) is 4.53. The molecule has 2 heteroatoms. The van der Waals surface area contributed by atoms with Crippen molar-refractivity contribution in [3.8, 4) is 0 Å². The molecule has 1 N–H and O–H groups in total. The quantitative estimate of drug-likeness (QED) is 0.684. The lowest BCUT2D eigenvalue weighted by Crippen LogP contribution is -2.27. The van der Waals surface area contributed by atoms with Gasteiger partial charge in [-0.15, -0.1) is 0 Å². The van der Waals surface area contributed by atoms with Crippen molar-refractivity contribution in [2.24, 2.45) is 5.92 Å². The normalized spacial score (nSPS) is 14.1. The SMILES string of the molecule is CC(CCBr)CNC(C)C. The summed E-state index contributed by atoms with van der Waals surface area (Å²) >= 11 is 3.43. The minimum absolute atomic E-state index is 0.623. The molecule has 0 aliphatic heterocycles. The highest BCUT2D eigenvalue weighted by molar-refractivity contribution is 9.09. The highest BCUT2D eigenvalue weighted by Gasteiger charge is 2.00. The summed E-state index contributed by atoms with van der Waals surface area (Å²) in [5.41, 5.74) is 0. The third-order valence-electron chi connectivity index (χ3n) is 1.48. The highest BCUT2D eigenvalue weighted by Crippen LogP contribution is 2.02. The number of hydrogen-bond donors (Lipinski definition) is 1. The minimum atomic E-state index is 0.623. The number of halogens is 1. The molecule has 1 atom stereocenters. The molecule has 10 heavy (non-hydrogen) atoms. The van der Waals surface area contributed by atoms with Gasteiger partial charge in [0.05, 0.1) is 0 Å². The smallest absolute Gasteiger partial charge is 0.00343 e. The van der Waals surface area contributed by atoms with Crippen LogP contribution >= 0.6 is 15.9 Å². The van der Waals surface area contributed by atoms with Crippen molar-refractivity contribution >= 4 is 15.9 Å². The summed E-state index contributed by atoms with van der Waals surface area (Å²) in [6.07, 6.45) is 1.26. The molecule has 0 radical (unpaired) electrons. The fraction of sp³-hybridized carbons (Fsp3) is 1.00. The number of hydrogen-bond acceptors (Lipinski definition) is 1. The van der Waals surface area contributed by atoms with Crippen LogP contribution in [0.25, 0.3) is 0 Å². The lowest BCUT2D eigenvalue weighted by Gasteiger charge is -2.12. The Morgan fingerprint density at radius 3 is 2.30 bits per heavy atom. The molecule has 0 aromatic rings. The van der Waals surface area contributed by atoms with Crippen molar-refractivity contribution in [1.82, 2.24) is 5.32 Å². The second-order valence-corrected chi connectivity index (χ2v) is 3.94. The van der Waals surface area contributed by atoms with Crippen LogP contribution in [0.15, 0.2) is 0 Å². The zero-order valence-electron chi connectivity index (χ0n) is 7.15. The van der Waals surface area contributed by atoms with Gasteiger partial charge in [-0.2, -0.15) is 0 Å². The topological polar surface area (TPSA) is 12.0 Å². The van der Waals surface area contributed by atoms with E-state index in [9.17, 15) is 0 Å². The van der Waals surface area contributed by atoms with Gasteiger partial charge in [-0.05, 0) is 18.9 Å². The van der Waals surface area contributed by atoms with E-state index in [1.807, 2.05) is 0 Å². The zero-order chi connectivity index (χ0) is 7.98. The van der Waals surface area contributed by atoms with E-state index in [1.165, 1.54) is 6.42 Å². The van der Waals surface area contributed by atoms with Crippen LogP contribution in [0.1, 0.15) is 27.2 Å². The van der Waals surface area contributed by atoms with Gasteiger partial charge in [0.15, 0.2) is 0 Å². The standard InChI is InChI=1S/C8H18BrN/c1-7(2)10-6-8(3)4-5-9/h7-8,10H,4-6H2,1-3H3. The van der Waals surface area contributed by atoms with Crippen LogP contribution in [-0.4, -0.2) is 17.9 Å². The maximum Gasteiger partial charge on any atom is 0.00343 e. The summed E-state index contributed by atoms with van der Waals surface area (Å²) in [5.74, 6) is 0.793. The third-order valence-corrected chi connectivity index (χ3v) is 1.93. The molecule has 1 nitrogen and oxygen atoms in total. The second-order valence-electron chi connectivity index (χ2n) is 3.15. The van der Waals surface area contributed by atoms with Crippen LogP contribution in [0.5, 0.6) is 0 Å². The molecule has 0 rings (SSSR count). The Labute approximate surface area is 72.7 Å². The molecule has 62 valence electrons. The highest BCUT2D eigenvalue weighted by atomic mass is 79.9. The fourth-order valence-electron chi connectivity index (χ4n) is 0.725. The molecular formula is C8H18BrN. The van der Waals surface area contributed by atoms with E-state index in [-0.39, 0.29) is 0 Å². The van der Waals surface area contributed by atoms with E-state index in [2.05, 4.69) is 42.0 Å². The Kier molecular flexibility index (Phi) is 6.44. The Hall–Kier alpha value is 0.440. The van der Waals surface area contributed by atoms with E-state index in [4.69, 9.17) is 0 Å². The number of rotatable bonds is 5. The Balaban J connectivity index is 3.12. The van der Waals surface area contributed by atoms with Crippen LogP contribution in [0.2, 0.25) is 0 Å². The monoisotopic (exact) mass is 207 g/mol. The maximum atomic E-state index is 3.43. The molecule has 0 saturated carbocycles. The third kappa shape index (κ3) is 6.56. The van der Waals surface area contributed by atoms with Crippen molar-refractivity contribution < 1.29 is 0 Å². The molecule has 0 aliphatic rings. The van der Waals surface area contributed by atoms with Crippen molar-refractivity contribution in [2.75, 3.05) is 11.9 Å². The van der Waals surface area contributed by atoms with Crippen molar-refractivity contribution in [3.05, 3.63) is 0 Å². The Morgan fingerprint density at radius 2 is 1.90 bits per heavy atom. The number of nitrogens with one attached hydrogen (secondary N) is 1. The van der Waals surface area contributed by atoms with Crippen molar-refractivity contribution in [3.63, 3.8) is 0 Å². The fourth-order valence-corrected chi connectivity index (χ4v) is 1.51. The summed E-state index contributed by atoms with van der Waals surface area (Å²) in [6, 6.07) is 0.623. The average molecular weight is 208 g/mol. The predicted molar refractivity (Wildman–Crippen MR) is 50.7 cm³/mol. The first-order valence-corrected chi connectivity index (χ1v) is 5.08. The van der Waals surface area contributed by atoms with Gasteiger partial charge in [-0.25, -0.2) is 0 Å². The largest absolute Gasteiger partial charge is 0.314 e. The van der Waals surface area contributed by atoms with E-state index < -0.39 is 0 Å². The van der Waals surface area contributed by atoms with Crippen LogP contribution in [0, 0.1) is 5.92 Å². The van der Waals surface area contributed by atoms with Crippen molar-refractivity contribution in [1.29, 1.82) is 0 Å². The molecular weight excluding hydrogens is 190 g/mol. The summed E-state index contributed by atoms with van der Waals surface area (Å²) in [7, 11) is 0. The van der Waals surface area contributed by atoms with E-state index in [1.54, 1.807) is 0 Å². The Bertz CT molecular complexity index is 73.7. The predicted octanol–water partition coefficient (Wildman–Crippen LogP) is 2.41. The Morgan fingerprint density at radius 1 is 1.30 bits per heavy atom. The molecule has 0 amide bonds. The lowest BCUT2D eigenvalue weighted by molar-refractivity contribution is 0.471. The first kappa shape index (κ1) is 10.4. The maximum absolute atomic E-state index is 3.43. The summed E-state index contributed by atoms with van der Waals surface area (Å²) < 4.78 is 0. The molecule has 0 fully saturated rings. The number of alkyl halides is 1. The molecule has 0 spiro atoms. The first-order valence-electron chi connectivity index (χ1n) is 3.96. The minimum Gasteiger partial charge on any atom is -0.314 e. The van der Waals surface area contributed by atoms with Gasteiger partial charge in [0.2, 0.25) is 0 Å². The molecule has 0 aromatic carbocycles. The average Bonchev–Trinajstić information content (AvgIpc) is 1.85. The van der Waals surface area contributed by atoms with Gasteiger partial charge < -0.3 is 5.32 Å². The summed E-state index contributed by atoms with van der Waals surface area (Å²) in [4.78, 5) is 0. The molecule has 0 heterocycles. The van der Waals surface area contributed by atoms with Gasteiger partial charge in [0, 0.05) is 11.4 Å². The van der Waals surface area contributed by atoms with Gasteiger partial charge in [0.25, 0.3) is 0 Å². The summed E-state index contributed by atoms with van der Waals surface area (Å²) in [6.45, 7) is 7.78. The van der Waals surface area contributed by atoms with Crippen LogP contribution in [0.3, 0.4) is 0 Å². The van der Waals surface area contributed by atoms with Gasteiger partial charge in [-0.1, -0.05) is 36.7 Å². The van der Waals surface area contributed by atoms with Crippen LogP contribution in [0.4, 0.5) is 0 Å². The van der Waals surface area contributed by atoms with Gasteiger partial charge in [0.1, 0.15) is 0 Å². The molecule has 1 unspecified atom stereocenters. The van der Waals surface area contributed by atoms with Crippen molar-refractivity contribution in [2.45, 2.75) is 33.2 Å². The van der Waals surface area contributed by atoms with Gasteiger partial charge >= 0.3 is 0 Å². The van der Waals surface area contributed by atoms with E-state index >= 15 is 0 Å². The molecule has 0 saturated heterocycles. The molecule has 0 aliphatic carbocycles. The lowest BCUT2D eigenvalue weighted by atomic mass is 10.1. The van der Waals surface area contributed by atoms with E-state index in [0.717, 1.165) is 17.8 Å². The zero-order valence-corrected chi connectivity index (χ0v) is 8.74.